The van der Waals surface area contributed by atoms with Gasteiger partial charge in [-0.3, -0.25) is 0 Å². The molecule has 2 aromatic rings. The average molecular weight is 351 g/mol. The van der Waals surface area contributed by atoms with Gasteiger partial charge in [0.15, 0.2) is 5.82 Å². The number of aromatic nitrogens is 1. The van der Waals surface area contributed by atoms with Crippen LogP contribution in [0.4, 0.5) is 4.39 Å². The molecule has 0 saturated carbocycles. The number of thiazole rings is 1. The van der Waals surface area contributed by atoms with E-state index in [0.717, 1.165) is 12.1 Å². The molecule has 0 aliphatic rings. The Kier molecular flexibility index (Phi) is 4.57. The number of nitrogens with zero attached hydrogens (tertiary/aromatic N) is 1. The number of carboxylic acid groups (broad SMARTS) is 1. The lowest BCUT2D eigenvalue weighted by Gasteiger charge is -2.09. The van der Waals surface area contributed by atoms with Crippen molar-refractivity contribution in [3.8, 4) is 0 Å². The molecule has 1 aromatic carbocycles. The van der Waals surface area contributed by atoms with Gasteiger partial charge in [0.05, 0.1) is 23.3 Å². The highest BCUT2D eigenvalue weighted by molar-refractivity contribution is 7.89. The lowest BCUT2D eigenvalue weighted by Crippen LogP contribution is -2.25. The second kappa shape index (κ2) is 6.06. The molecule has 0 aliphatic carbocycles. The minimum Gasteiger partial charge on any atom is -0.478 e. The van der Waals surface area contributed by atoms with E-state index < -0.39 is 32.3 Å². The van der Waals surface area contributed by atoms with Crippen LogP contribution in [-0.4, -0.2) is 24.5 Å². The monoisotopic (exact) mass is 350 g/mol. The summed E-state index contributed by atoms with van der Waals surface area (Å²) >= 11 is 6.92. The summed E-state index contributed by atoms with van der Waals surface area (Å²) in [6.45, 7) is -0.139. The summed E-state index contributed by atoms with van der Waals surface area (Å²) in [5.74, 6) is -2.97. The van der Waals surface area contributed by atoms with Crippen LogP contribution >= 0.6 is 22.9 Å². The van der Waals surface area contributed by atoms with Crippen molar-refractivity contribution < 1.29 is 22.7 Å². The van der Waals surface area contributed by atoms with Crippen LogP contribution in [0.1, 0.15) is 16.1 Å². The molecule has 0 bridgehead atoms. The van der Waals surface area contributed by atoms with Crippen LogP contribution in [0.15, 0.2) is 27.9 Å². The summed E-state index contributed by atoms with van der Waals surface area (Å²) in [5.41, 5.74) is 1.17. The van der Waals surface area contributed by atoms with E-state index in [1.54, 1.807) is 5.38 Å². The van der Waals surface area contributed by atoms with Gasteiger partial charge in [0.1, 0.15) is 4.90 Å². The van der Waals surface area contributed by atoms with Crippen LogP contribution in [0.5, 0.6) is 0 Å². The molecular weight excluding hydrogens is 343 g/mol. The van der Waals surface area contributed by atoms with Crippen molar-refractivity contribution in [3.63, 3.8) is 0 Å². The maximum absolute atomic E-state index is 14.0. The largest absolute Gasteiger partial charge is 0.478 e. The van der Waals surface area contributed by atoms with Crippen molar-refractivity contribution in [2.24, 2.45) is 0 Å². The maximum Gasteiger partial charge on any atom is 0.338 e. The molecule has 0 atom stereocenters. The normalized spacial score (nSPS) is 11.5. The number of benzene rings is 1. The van der Waals surface area contributed by atoms with Crippen molar-refractivity contribution in [1.82, 2.24) is 9.71 Å². The van der Waals surface area contributed by atoms with Gasteiger partial charge in [-0.1, -0.05) is 11.6 Å². The van der Waals surface area contributed by atoms with E-state index in [-0.39, 0.29) is 11.6 Å². The fourth-order valence-electron chi connectivity index (χ4n) is 1.49. The first kappa shape index (κ1) is 15.8. The Morgan fingerprint density at radius 1 is 1.48 bits per heavy atom. The smallest absolute Gasteiger partial charge is 0.338 e. The van der Waals surface area contributed by atoms with E-state index in [1.165, 1.54) is 16.8 Å². The SMILES string of the molecule is O=C(O)c1cc(Cl)cc(S(=O)(=O)NCc2cscn2)c1F. The molecular formula is C11H8ClFN2O4S2. The number of aromatic carboxylic acids is 1. The molecule has 2 rings (SSSR count). The summed E-state index contributed by atoms with van der Waals surface area (Å²) in [6.07, 6.45) is 0. The van der Waals surface area contributed by atoms with E-state index in [4.69, 9.17) is 16.7 Å². The number of carbonyl (C=O) groups is 1. The number of halogens is 2. The van der Waals surface area contributed by atoms with Gasteiger partial charge in [0, 0.05) is 10.4 Å². The maximum atomic E-state index is 14.0. The topological polar surface area (TPSA) is 96.4 Å². The van der Waals surface area contributed by atoms with Gasteiger partial charge in [-0.25, -0.2) is 27.3 Å². The molecule has 0 saturated heterocycles. The Hall–Kier alpha value is -1.55. The third-order valence-corrected chi connectivity index (χ3v) is 4.70. The molecule has 0 spiro atoms. The first-order valence-corrected chi connectivity index (χ1v) is 8.20. The highest BCUT2D eigenvalue weighted by Crippen LogP contribution is 2.24. The minimum absolute atomic E-state index is 0.139. The fraction of sp³-hybridized carbons (Fsp3) is 0.0909. The van der Waals surface area contributed by atoms with E-state index in [9.17, 15) is 17.6 Å². The number of nitrogens with one attached hydrogen (secondary N) is 1. The molecule has 0 unspecified atom stereocenters. The number of rotatable bonds is 5. The Balaban J connectivity index is 2.37. The molecule has 10 heteroatoms. The Morgan fingerprint density at radius 2 is 2.19 bits per heavy atom. The molecule has 0 amide bonds. The van der Waals surface area contributed by atoms with Crippen LogP contribution in [0.25, 0.3) is 0 Å². The predicted molar refractivity (Wildman–Crippen MR) is 74.5 cm³/mol. The van der Waals surface area contributed by atoms with Crippen LogP contribution < -0.4 is 4.72 Å². The Bertz CT molecular complexity index is 778. The summed E-state index contributed by atoms with van der Waals surface area (Å²) in [7, 11) is -4.25. The highest BCUT2D eigenvalue weighted by atomic mass is 35.5. The number of hydrogen-bond acceptors (Lipinski definition) is 5. The van der Waals surface area contributed by atoms with Crippen molar-refractivity contribution in [1.29, 1.82) is 0 Å². The standard InChI is InChI=1S/C11H8ClFN2O4S2/c12-6-1-8(11(16)17)10(13)9(2-6)21(18,19)15-3-7-4-20-5-14-7/h1-2,4-5,15H,3H2,(H,16,17). The van der Waals surface area contributed by atoms with E-state index in [1.807, 2.05) is 0 Å². The third kappa shape index (κ3) is 3.56. The summed E-state index contributed by atoms with van der Waals surface area (Å²) < 4.78 is 40.2. The van der Waals surface area contributed by atoms with Gasteiger partial charge in [-0.15, -0.1) is 11.3 Å². The van der Waals surface area contributed by atoms with Crippen molar-refractivity contribution in [2.45, 2.75) is 11.4 Å². The Morgan fingerprint density at radius 3 is 2.76 bits per heavy atom. The van der Waals surface area contributed by atoms with Crippen LogP contribution in [0.2, 0.25) is 5.02 Å². The van der Waals surface area contributed by atoms with Crippen molar-refractivity contribution >= 4 is 38.9 Å². The first-order chi connectivity index (χ1) is 9.81. The quantitative estimate of drug-likeness (QED) is 0.861. The van der Waals surface area contributed by atoms with E-state index in [2.05, 4.69) is 9.71 Å². The molecule has 6 nitrogen and oxygen atoms in total. The predicted octanol–water partition coefficient (Wildman–Crippen LogP) is 2.11. The molecule has 2 N–H and O–H groups in total. The van der Waals surface area contributed by atoms with Gasteiger partial charge in [-0.2, -0.15) is 0 Å². The second-order valence-electron chi connectivity index (χ2n) is 3.87. The molecule has 0 radical (unpaired) electrons. The molecule has 112 valence electrons. The number of hydrogen-bond donors (Lipinski definition) is 2. The van der Waals surface area contributed by atoms with Gasteiger partial charge >= 0.3 is 5.97 Å². The van der Waals surface area contributed by atoms with Crippen LogP contribution in [-0.2, 0) is 16.6 Å². The molecule has 21 heavy (non-hydrogen) atoms. The highest BCUT2D eigenvalue weighted by Gasteiger charge is 2.25. The average Bonchev–Trinajstić information content (AvgIpc) is 2.91. The second-order valence-corrected chi connectivity index (χ2v) is 6.77. The van der Waals surface area contributed by atoms with Crippen molar-refractivity contribution in [3.05, 3.63) is 45.1 Å². The Labute approximate surface area is 128 Å². The lowest BCUT2D eigenvalue weighted by molar-refractivity contribution is 0.0691. The zero-order valence-electron chi connectivity index (χ0n) is 10.2. The van der Waals surface area contributed by atoms with Crippen molar-refractivity contribution in [2.75, 3.05) is 0 Å². The third-order valence-electron chi connectivity index (χ3n) is 2.45. The summed E-state index contributed by atoms with van der Waals surface area (Å²) in [6, 6.07) is 1.70. The number of sulfonamides is 1. The summed E-state index contributed by atoms with van der Waals surface area (Å²) in [4.78, 5) is 13.9. The molecule has 0 aliphatic heterocycles. The fourth-order valence-corrected chi connectivity index (χ4v) is 3.45. The van der Waals surface area contributed by atoms with E-state index in [0.29, 0.717) is 5.69 Å². The van der Waals surface area contributed by atoms with Gasteiger partial charge in [-0.05, 0) is 12.1 Å². The van der Waals surface area contributed by atoms with Gasteiger partial charge in [0.25, 0.3) is 0 Å². The molecule has 1 aromatic heterocycles. The molecule has 1 heterocycles. The minimum atomic E-state index is -4.25. The van der Waals surface area contributed by atoms with E-state index >= 15 is 0 Å². The first-order valence-electron chi connectivity index (χ1n) is 5.40. The van der Waals surface area contributed by atoms with Crippen LogP contribution in [0.3, 0.4) is 0 Å². The van der Waals surface area contributed by atoms with Gasteiger partial charge in [0.2, 0.25) is 10.0 Å². The summed E-state index contributed by atoms with van der Waals surface area (Å²) in [5, 5.41) is 10.3. The zero-order chi connectivity index (χ0) is 15.6. The number of carboxylic acids is 1. The zero-order valence-corrected chi connectivity index (χ0v) is 12.6. The lowest BCUT2D eigenvalue weighted by atomic mass is 10.2. The van der Waals surface area contributed by atoms with Crippen LogP contribution in [0, 0.1) is 5.82 Å². The molecule has 0 fully saturated rings. The van der Waals surface area contributed by atoms with Gasteiger partial charge < -0.3 is 5.11 Å².